The maximum Gasteiger partial charge on any atom is 0.275 e. The second-order valence-corrected chi connectivity index (χ2v) is 6.96. The number of carbonyl (C=O) groups excluding carboxylic acids is 1. The molecule has 0 spiro atoms. The molecule has 2 fully saturated rings. The highest BCUT2D eigenvalue weighted by atomic mass is 16.2. The first-order chi connectivity index (χ1) is 12.2. The molecular formula is C18H26N6O. The molecule has 2 aromatic heterocycles. The molecule has 1 amide bonds. The number of carbonyl (C=O) groups is 1. The molecule has 7 heteroatoms. The van der Waals surface area contributed by atoms with Gasteiger partial charge in [0.2, 0.25) is 0 Å². The number of nitrogens with one attached hydrogen (secondary N) is 1. The van der Waals surface area contributed by atoms with Gasteiger partial charge in [0.05, 0.1) is 5.39 Å². The molecule has 0 unspecified atom stereocenters. The van der Waals surface area contributed by atoms with Crippen molar-refractivity contribution in [2.75, 3.05) is 44.2 Å². The Morgan fingerprint density at radius 2 is 1.76 bits per heavy atom. The second-order valence-electron chi connectivity index (χ2n) is 6.96. The summed E-state index contributed by atoms with van der Waals surface area (Å²) < 4.78 is 1.74. The average molecular weight is 342 g/mol. The third-order valence-corrected chi connectivity index (χ3v) is 5.21. The van der Waals surface area contributed by atoms with E-state index in [2.05, 4.69) is 15.3 Å². The lowest BCUT2D eigenvalue weighted by Gasteiger charge is -2.26. The molecule has 0 radical (unpaired) electrons. The molecule has 0 aromatic carbocycles. The van der Waals surface area contributed by atoms with Crippen molar-refractivity contribution in [2.45, 2.75) is 25.7 Å². The molecule has 4 heterocycles. The number of hydrogen-bond acceptors (Lipinski definition) is 5. The van der Waals surface area contributed by atoms with Crippen LogP contribution in [0, 0.1) is 0 Å². The third kappa shape index (κ3) is 3.20. The fraction of sp³-hybridized carbons (Fsp3) is 0.611. The van der Waals surface area contributed by atoms with Gasteiger partial charge in [-0.1, -0.05) is 12.8 Å². The van der Waals surface area contributed by atoms with Crippen LogP contribution < -0.4 is 10.2 Å². The molecule has 2 aromatic rings. The molecule has 0 aliphatic carbocycles. The largest absolute Gasteiger partial charge is 0.357 e. The molecule has 4 rings (SSSR count). The Labute approximate surface area is 148 Å². The molecule has 25 heavy (non-hydrogen) atoms. The summed E-state index contributed by atoms with van der Waals surface area (Å²) in [6, 6.07) is 4.06. The zero-order chi connectivity index (χ0) is 17.2. The number of pyridine rings is 1. The molecular weight excluding hydrogens is 316 g/mol. The van der Waals surface area contributed by atoms with Crippen LogP contribution in [-0.4, -0.2) is 64.8 Å². The maximum absolute atomic E-state index is 12.8. The van der Waals surface area contributed by atoms with Crippen LogP contribution in [-0.2, 0) is 7.05 Å². The number of aryl methyl sites for hydroxylation is 1. The van der Waals surface area contributed by atoms with Crippen LogP contribution in [0.25, 0.3) is 11.0 Å². The van der Waals surface area contributed by atoms with Gasteiger partial charge in [-0.15, -0.1) is 0 Å². The van der Waals surface area contributed by atoms with Gasteiger partial charge in [0.1, 0.15) is 5.82 Å². The number of amides is 1. The highest BCUT2D eigenvalue weighted by Gasteiger charge is 2.24. The van der Waals surface area contributed by atoms with Crippen LogP contribution in [0.5, 0.6) is 0 Å². The third-order valence-electron chi connectivity index (χ3n) is 5.21. The lowest BCUT2D eigenvalue weighted by Crippen LogP contribution is -2.46. The Balaban J connectivity index is 1.65. The zero-order valence-corrected chi connectivity index (χ0v) is 14.9. The lowest BCUT2D eigenvalue weighted by atomic mass is 10.2. The van der Waals surface area contributed by atoms with Crippen LogP contribution >= 0.6 is 0 Å². The first-order valence-corrected chi connectivity index (χ1v) is 9.33. The molecule has 2 saturated heterocycles. The predicted molar refractivity (Wildman–Crippen MR) is 98.0 cm³/mol. The number of nitrogens with zero attached hydrogens (tertiary/aromatic N) is 5. The lowest BCUT2D eigenvalue weighted by molar-refractivity contribution is 0.0731. The Hall–Kier alpha value is -2.15. The quantitative estimate of drug-likeness (QED) is 0.893. The Kier molecular flexibility index (Phi) is 4.57. The van der Waals surface area contributed by atoms with Gasteiger partial charge in [-0.3, -0.25) is 4.79 Å². The molecule has 2 aliphatic heterocycles. The van der Waals surface area contributed by atoms with E-state index in [1.54, 1.807) is 4.68 Å². The van der Waals surface area contributed by atoms with Gasteiger partial charge in [-0.2, -0.15) is 5.10 Å². The normalized spacial score (nSPS) is 19.2. The van der Waals surface area contributed by atoms with Gasteiger partial charge >= 0.3 is 0 Å². The van der Waals surface area contributed by atoms with Gasteiger partial charge in [0.15, 0.2) is 11.3 Å². The zero-order valence-electron chi connectivity index (χ0n) is 14.9. The van der Waals surface area contributed by atoms with Gasteiger partial charge in [-0.25, -0.2) is 9.67 Å². The van der Waals surface area contributed by atoms with Gasteiger partial charge in [-0.05, 0) is 25.0 Å². The molecule has 0 atom stereocenters. The average Bonchev–Trinajstić information content (AvgIpc) is 2.83. The molecule has 134 valence electrons. The smallest absolute Gasteiger partial charge is 0.275 e. The SMILES string of the molecule is Cn1nc(C(=O)N2CCNCC2)c2ccc(N3CCCCCC3)nc21. The van der Waals surface area contributed by atoms with Crippen molar-refractivity contribution in [3.63, 3.8) is 0 Å². The van der Waals surface area contributed by atoms with Crippen molar-refractivity contribution in [1.82, 2.24) is 25.0 Å². The summed E-state index contributed by atoms with van der Waals surface area (Å²) in [7, 11) is 1.87. The summed E-state index contributed by atoms with van der Waals surface area (Å²) in [5, 5.41) is 8.62. The highest BCUT2D eigenvalue weighted by molar-refractivity contribution is 6.04. The number of fused-ring (bicyclic) bond motifs is 1. The Morgan fingerprint density at radius 3 is 2.48 bits per heavy atom. The minimum atomic E-state index is 0.0106. The van der Waals surface area contributed by atoms with E-state index in [0.29, 0.717) is 5.69 Å². The fourth-order valence-corrected chi connectivity index (χ4v) is 3.77. The van der Waals surface area contributed by atoms with Crippen molar-refractivity contribution < 1.29 is 4.79 Å². The van der Waals surface area contributed by atoms with Crippen molar-refractivity contribution >= 4 is 22.8 Å². The topological polar surface area (TPSA) is 66.3 Å². The van der Waals surface area contributed by atoms with Crippen molar-refractivity contribution in [3.05, 3.63) is 17.8 Å². The van der Waals surface area contributed by atoms with E-state index in [-0.39, 0.29) is 5.91 Å². The Morgan fingerprint density at radius 1 is 1.04 bits per heavy atom. The van der Waals surface area contributed by atoms with Gasteiger partial charge < -0.3 is 15.1 Å². The molecule has 1 N–H and O–H groups in total. The summed E-state index contributed by atoms with van der Waals surface area (Å²) >= 11 is 0. The predicted octanol–water partition coefficient (Wildman–Crippen LogP) is 1.39. The highest BCUT2D eigenvalue weighted by Crippen LogP contribution is 2.24. The molecule has 7 nitrogen and oxygen atoms in total. The first-order valence-electron chi connectivity index (χ1n) is 9.33. The summed E-state index contributed by atoms with van der Waals surface area (Å²) in [6.45, 7) is 5.26. The number of hydrogen-bond donors (Lipinski definition) is 1. The van der Waals surface area contributed by atoms with E-state index in [0.717, 1.165) is 56.1 Å². The summed E-state index contributed by atoms with van der Waals surface area (Å²) in [5.74, 6) is 1.01. The molecule has 0 saturated carbocycles. The van der Waals surface area contributed by atoms with E-state index >= 15 is 0 Å². The monoisotopic (exact) mass is 342 g/mol. The Bertz CT molecular complexity index is 756. The van der Waals surface area contributed by atoms with Crippen LogP contribution in [0.2, 0.25) is 0 Å². The summed E-state index contributed by atoms with van der Waals surface area (Å²) in [5.41, 5.74) is 1.31. The number of anilines is 1. The maximum atomic E-state index is 12.8. The van der Waals surface area contributed by atoms with E-state index in [4.69, 9.17) is 4.98 Å². The minimum absolute atomic E-state index is 0.0106. The van der Waals surface area contributed by atoms with E-state index in [9.17, 15) is 4.79 Å². The van der Waals surface area contributed by atoms with Gasteiger partial charge in [0, 0.05) is 46.3 Å². The van der Waals surface area contributed by atoms with Gasteiger partial charge in [0.25, 0.3) is 5.91 Å². The number of aromatic nitrogens is 3. The fourth-order valence-electron chi connectivity index (χ4n) is 3.77. The molecule has 2 aliphatic rings. The second kappa shape index (κ2) is 7.00. The van der Waals surface area contributed by atoms with Crippen LogP contribution in [0.3, 0.4) is 0 Å². The standard InChI is InChI=1S/C18H26N6O/c1-22-17-14(16(21-22)18(25)24-12-8-19-9-13-24)6-7-15(20-17)23-10-4-2-3-5-11-23/h6-7,19H,2-5,8-13H2,1H3. The first kappa shape index (κ1) is 16.3. The summed E-state index contributed by atoms with van der Waals surface area (Å²) in [4.78, 5) is 21.9. The number of rotatable bonds is 2. The van der Waals surface area contributed by atoms with Crippen LogP contribution in [0.4, 0.5) is 5.82 Å². The van der Waals surface area contributed by atoms with Crippen molar-refractivity contribution in [3.8, 4) is 0 Å². The van der Waals surface area contributed by atoms with Crippen molar-refractivity contribution in [2.24, 2.45) is 7.05 Å². The number of piperazine rings is 1. The minimum Gasteiger partial charge on any atom is -0.357 e. The van der Waals surface area contributed by atoms with E-state index in [1.807, 2.05) is 24.1 Å². The molecule has 0 bridgehead atoms. The van der Waals surface area contributed by atoms with Crippen LogP contribution in [0.15, 0.2) is 12.1 Å². The summed E-state index contributed by atoms with van der Waals surface area (Å²) in [6.07, 6.45) is 5.04. The van der Waals surface area contributed by atoms with E-state index in [1.165, 1.54) is 25.7 Å². The van der Waals surface area contributed by atoms with Crippen molar-refractivity contribution in [1.29, 1.82) is 0 Å². The van der Waals surface area contributed by atoms with E-state index < -0.39 is 0 Å². The van der Waals surface area contributed by atoms with Crippen LogP contribution in [0.1, 0.15) is 36.2 Å².